The molecule has 1 heterocycles. The fourth-order valence-electron chi connectivity index (χ4n) is 1.46. The third-order valence-corrected chi connectivity index (χ3v) is 2.19. The SMILES string of the molecule is CC(C)C(C(=O)O)c1cc(C=O)ccn1. The highest BCUT2D eigenvalue weighted by molar-refractivity contribution is 5.78. The zero-order chi connectivity index (χ0) is 11.4. The van der Waals surface area contributed by atoms with Gasteiger partial charge in [0.1, 0.15) is 12.2 Å². The Balaban J connectivity index is 3.11. The Bertz CT molecular complexity index is 374. The van der Waals surface area contributed by atoms with E-state index < -0.39 is 11.9 Å². The average Bonchev–Trinajstić information content (AvgIpc) is 2.17. The number of carbonyl (C=O) groups is 2. The fourth-order valence-corrected chi connectivity index (χ4v) is 1.46. The zero-order valence-corrected chi connectivity index (χ0v) is 8.68. The molecule has 1 rings (SSSR count). The van der Waals surface area contributed by atoms with Crippen molar-refractivity contribution in [3.8, 4) is 0 Å². The summed E-state index contributed by atoms with van der Waals surface area (Å²) in [5.41, 5.74) is 0.883. The van der Waals surface area contributed by atoms with Crippen LogP contribution < -0.4 is 0 Å². The second kappa shape index (κ2) is 4.68. The van der Waals surface area contributed by atoms with Gasteiger partial charge in [-0.2, -0.15) is 0 Å². The van der Waals surface area contributed by atoms with E-state index in [-0.39, 0.29) is 5.92 Å². The second-order valence-electron chi connectivity index (χ2n) is 3.69. The standard InChI is InChI=1S/C11H13NO3/c1-7(2)10(11(14)15)9-5-8(6-13)3-4-12-9/h3-7,10H,1-2H3,(H,14,15). The van der Waals surface area contributed by atoms with Crippen LogP contribution in [0.5, 0.6) is 0 Å². The van der Waals surface area contributed by atoms with E-state index in [4.69, 9.17) is 5.11 Å². The quantitative estimate of drug-likeness (QED) is 0.763. The summed E-state index contributed by atoms with van der Waals surface area (Å²) < 4.78 is 0. The molecule has 1 N–H and O–H groups in total. The van der Waals surface area contributed by atoms with Crippen LogP contribution in [0.25, 0.3) is 0 Å². The molecule has 1 unspecified atom stereocenters. The first-order chi connectivity index (χ1) is 7.06. The van der Waals surface area contributed by atoms with Gasteiger partial charge in [-0.1, -0.05) is 13.8 Å². The van der Waals surface area contributed by atoms with Gasteiger partial charge < -0.3 is 5.11 Å². The lowest BCUT2D eigenvalue weighted by atomic mass is 9.91. The number of hydrogen-bond donors (Lipinski definition) is 1. The van der Waals surface area contributed by atoms with Gasteiger partial charge in [-0.15, -0.1) is 0 Å². The molecule has 1 aromatic heterocycles. The summed E-state index contributed by atoms with van der Waals surface area (Å²) >= 11 is 0. The van der Waals surface area contributed by atoms with Gasteiger partial charge in [0, 0.05) is 11.8 Å². The van der Waals surface area contributed by atoms with Crippen molar-refractivity contribution in [2.45, 2.75) is 19.8 Å². The van der Waals surface area contributed by atoms with Gasteiger partial charge in [-0.05, 0) is 18.1 Å². The largest absolute Gasteiger partial charge is 0.481 e. The Kier molecular flexibility index (Phi) is 3.55. The summed E-state index contributed by atoms with van der Waals surface area (Å²) in [5.74, 6) is -1.64. The van der Waals surface area contributed by atoms with Crippen LogP contribution in [-0.2, 0) is 4.79 Å². The van der Waals surface area contributed by atoms with Crippen molar-refractivity contribution in [2.75, 3.05) is 0 Å². The predicted molar refractivity (Wildman–Crippen MR) is 54.8 cm³/mol. The number of carboxylic acid groups (broad SMARTS) is 1. The number of aldehydes is 1. The van der Waals surface area contributed by atoms with Crippen molar-refractivity contribution >= 4 is 12.3 Å². The van der Waals surface area contributed by atoms with Gasteiger partial charge in [0.15, 0.2) is 0 Å². The van der Waals surface area contributed by atoms with E-state index in [0.717, 1.165) is 0 Å². The number of aromatic nitrogens is 1. The molecule has 0 amide bonds. The number of carboxylic acids is 1. The van der Waals surface area contributed by atoms with Crippen molar-refractivity contribution in [1.82, 2.24) is 4.98 Å². The molecular formula is C11H13NO3. The molecule has 0 aliphatic carbocycles. The molecule has 0 bridgehead atoms. The van der Waals surface area contributed by atoms with E-state index >= 15 is 0 Å². The van der Waals surface area contributed by atoms with Gasteiger partial charge in [0.2, 0.25) is 0 Å². The van der Waals surface area contributed by atoms with E-state index in [1.165, 1.54) is 12.3 Å². The fraction of sp³-hybridized carbons (Fsp3) is 0.364. The highest BCUT2D eigenvalue weighted by atomic mass is 16.4. The Labute approximate surface area is 88.0 Å². The molecule has 0 saturated carbocycles. The molecule has 0 aliphatic heterocycles. The minimum absolute atomic E-state index is 0.0584. The second-order valence-corrected chi connectivity index (χ2v) is 3.69. The maximum atomic E-state index is 11.0. The maximum absolute atomic E-state index is 11.0. The Morgan fingerprint density at radius 3 is 2.67 bits per heavy atom. The summed E-state index contributed by atoms with van der Waals surface area (Å²) in [6.07, 6.45) is 2.14. The molecule has 0 aromatic carbocycles. The van der Waals surface area contributed by atoms with Crippen molar-refractivity contribution < 1.29 is 14.7 Å². The smallest absolute Gasteiger partial charge is 0.312 e. The Morgan fingerprint density at radius 2 is 2.20 bits per heavy atom. The van der Waals surface area contributed by atoms with Crippen LogP contribution in [0.4, 0.5) is 0 Å². The van der Waals surface area contributed by atoms with Crippen LogP contribution in [0.15, 0.2) is 18.3 Å². The molecule has 1 aromatic rings. The first-order valence-electron chi connectivity index (χ1n) is 4.70. The molecule has 15 heavy (non-hydrogen) atoms. The summed E-state index contributed by atoms with van der Waals surface area (Å²) in [5, 5.41) is 9.03. The molecule has 4 nitrogen and oxygen atoms in total. The van der Waals surface area contributed by atoms with Crippen molar-refractivity contribution in [2.24, 2.45) is 5.92 Å². The van der Waals surface area contributed by atoms with E-state index in [1.807, 2.05) is 13.8 Å². The molecular weight excluding hydrogens is 194 g/mol. The maximum Gasteiger partial charge on any atom is 0.312 e. The number of hydrogen-bond acceptors (Lipinski definition) is 3. The first kappa shape index (κ1) is 11.4. The number of aliphatic carboxylic acids is 1. The van der Waals surface area contributed by atoms with Gasteiger partial charge in [-0.3, -0.25) is 14.6 Å². The normalized spacial score (nSPS) is 12.5. The highest BCUT2D eigenvalue weighted by Gasteiger charge is 2.24. The van der Waals surface area contributed by atoms with Crippen molar-refractivity contribution in [3.63, 3.8) is 0 Å². The van der Waals surface area contributed by atoms with Gasteiger partial charge >= 0.3 is 5.97 Å². The molecule has 1 atom stereocenters. The summed E-state index contributed by atoms with van der Waals surface area (Å²) in [6.45, 7) is 3.63. The molecule has 4 heteroatoms. The van der Waals surface area contributed by atoms with Crippen LogP contribution in [-0.4, -0.2) is 22.3 Å². The van der Waals surface area contributed by atoms with Crippen molar-refractivity contribution in [3.05, 3.63) is 29.6 Å². The monoisotopic (exact) mass is 207 g/mol. The third-order valence-electron chi connectivity index (χ3n) is 2.19. The predicted octanol–water partition coefficient (Wildman–Crippen LogP) is 1.72. The van der Waals surface area contributed by atoms with E-state index in [2.05, 4.69) is 4.98 Å². The molecule has 0 saturated heterocycles. The van der Waals surface area contributed by atoms with E-state index in [0.29, 0.717) is 17.5 Å². The molecule has 0 aliphatic rings. The van der Waals surface area contributed by atoms with E-state index in [1.54, 1.807) is 6.07 Å². The number of pyridine rings is 1. The Morgan fingerprint density at radius 1 is 1.53 bits per heavy atom. The van der Waals surface area contributed by atoms with E-state index in [9.17, 15) is 9.59 Å². The number of carbonyl (C=O) groups excluding carboxylic acids is 1. The van der Waals surface area contributed by atoms with Crippen LogP contribution in [0.1, 0.15) is 35.8 Å². The molecule has 0 fully saturated rings. The number of rotatable bonds is 4. The molecule has 0 spiro atoms. The number of nitrogens with zero attached hydrogens (tertiary/aromatic N) is 1. The van der Waals surface area contributed by atoms with Crippen LogP contribution in [0.3, 0.4) is 0 Å². The minimum Gasteiger partial charge on any atom is -0.481 e. The van der Waals surface area contributed by atoms with Gasteiger partial charge in [0.05, 0.1) is 5.69 Å². The topological polar surface area (TPSA) is 67.3 Å². The first-order valence-corrected chi connectivity index (χ1v) is 4.70. The lowest BCUT2D eigenvalue weighted by molar-refractivity contribution is -0.140. The van der Waals surface area contributed by atoms with Crippen LogP contribution >= 0.6 is 0 Å². The summed E-state index contributed by atoms with van der Waals surface area (Å²) in [4.78, 5) is 25.5. The summed E-state index contributed by atoms with van der Waals surface area (Å²) in [7, 11) is 0. The average molecular weight is 207 g/mol. The van der Waals surface area contributed by atoms with Gasteiger partial charge in [-0.25, -0.2) is 0 Å². The third kappa shape index (κ3) is 2.62. The lowest BCUT2D eigenvalue weighted by Crippen LogP contribution is -2.18. The van der Waals surface area contributed by atoms with Crippen LogP contribution in [0, 0.1) is 5.92 Å². The highest BCUT2D eigenvalue weighted by Crippen LogP contribution is 2.23. The van der Waals surface area contributed by atoms with Crippen LogP contribution in [0.2, 0.25) is 0 Å². The molecule has 0 radical (unpaired) electrons. The molecule has 80 valence electrons. The van der Waals surface area contributed by atoms with Gasteiger partial charge in [0.25, 0.3) is 0 Å². The zero-order valence-electron chi connectivity index (χ0n) is 8.68. The lowest BCUT2D eigenvalue weighted by Gasteiger charge is -2.15. The van der Waals surface area contributed by atoms with Crippen molar-refractivity contribution in [1.29, 1.82) is 0 Å². The summed E-state index contributed by atoms with van der Waals surface area (Å²) in [6, 6.07) is 3.07. The minimum atomic E-state index is -0.916. The Hall–Kier alpha value is -1.71.